The third-order valence-corrected chi connectivity index (χ3v) is 4.33. The van der Waals surface area contributed by atoms with Gasteiger partial charge in [0.1, 0.15) is 17.3 Å². The van der Waals surface area contributed by atoms with Crippen molar-refractivity contribution in [3.63, 3.8) is 0 Å². The number of halogens is 5. The van der Waals surface area contributed by atoms with Gasteiger partial charge in [0.2, 0.25) is 10.0 Å². The van der Waals surface area contributed by atoms with E-state index in [-0.39, 0.29) is 9.33 Å². The van der Waals surface area contributed by atoms with Gasteiger partial charge in [-0.2, -0.15) is 17.5 Å². The van der Waals surface area contributed by atoms with Crippen LogP contribution in [0.5, 0.6) is 0 Å². The highest BCUT2D eigenvalue weighted by Gasteiger charge is 2.37. The molecule has 0 aromatic heterocycles. The molecule has 0 aliphatic rings. The van der Waals surface area contributed by atoms with Gasteiger partial charge in [-0.15, -0.1) is 0 Å². The van der Waals surface area contributed by atoms with Gasteiger partial charge in [-0.3, -0.25) is 0 Å². The molecule has 1 N–H and O–H groups in total. The second-order valence-electron chi connectivity index (χ2n) is 3.75. The summed E-state index contributed by atoms with van der Waals surface area (Å²) < 4.78 is 74.4. The maximum absolute atomic E-state index is 13.5. The van der Waals surface area contributed by atoms with Crippen LogP contribution in [0.25, 0.3) is 0 Å². The molecule has 0 unspecified atom stereocenters. The normalized spacial score (nSPS) is 12.9. The first-order valence-corrected chi connectivity index (χ1v) is 7.02. The molecular formula is C10H10ClF4NO3S. The Bertz CT molecular complexity index is 576. The average Bonchev–Trinajstić information content (AvgIpc) is 2.26. The van der Waals surface area contributed by atoms with E-state index in [2.05, 4.69) is 0 Å². The molecule has 0 bridgehead atoms. The Kier molecular flexibility index (Phi) is 5.36. The first-order chi connectivity index (χ1) is 9.08. The highest BCUT2D eigenvalue weighted by atomic mass is 35.5. The maximum atomic E-state index is 13.5. The Morgan fingerprint density at radius 1 is 1.30 bits per heavy atom. The van der Waals surface area contributed by atoms with Crippen molar-refractivity contribution in [2.24, 2.45) is 0 Å². The van der Waals surface area contributed by atoms with E-state index in [4.69, 9.17) is 16.7 Å². The first-order valence-electron chi connectivity index (χ1n) is 5.21. The third-order valence-electron chi connectivity index (χ3n) is 2.22. The lowest BCUT2D eigenvalue weighted by atomic mass is 10.3. The maximum Gasteiger partial charge on any atom is 0.402 e. The summed E-state index contributed by atoms with van der Waals surface area (Å²) >= 11 is 5.45. The molecule has 0 atom stereocenters. The van der Waals surface area contributed by atoms with Crippen molar-refractivity contribution >= 4 is 21.6 Å². The quantitative estimate of drug-likeness (QED) is 0.838. The number of hydrogen-bond acceptors (Lipinski definition) is 3. The number of benzene rings is 1. The minimum atomic E-state index is -4.81. The Morgan fingerprint density at radius 2 is 1.90 bits per heavy atom. The molecule has 1 rings (SSSR count). The summed E-state index contributed by atoms with van der Waals surface area (Å²) in [6, 6.07) is 2.50. The van der Waals surface area contributed by atoms with Gasteiger partial charge in [-0.05, 0) is 18.2 Å². The van der Waals surface area contributed by atoms with Gasteiger partial charge in [0.25, 0.3) is 0 Å². The van der Waals surface area contributed by atoms with E-state index in [0.29, 0.717) is 6.07 Å². The van der Waals surface area contributed by atoms with E-state index in [1.54, 1.807) is 0 Å². The molecule has 1 aromatic carbocycles. The van der Waals surface area contributed by atoms with Crippen molar-refractivity contribution in [1.29, 1.82) is 0 Å². The van der Waals surface area contributed by atoms with Crippen LogP contribution in [0.4, 0.5) is 17.6 Å². The van der Waals surface area contributed by atoms with Crippen molar-refractivity contribution in [3.8, 4) is 0 Å². The minimum Gasteiger partial charge on any atom is -0.395 e. The number of sulfonamides is 1. The van der Waals surface area contributed by atoms with Gasteiger partial charge in [0.05, 0.1) is 6.61 Å². The van der Waals surface area contributed by atoms with Crippen molar-refractivity contribution < 1.29 is 31.1 Å². The second kappa shape index (κ2) is 6.25. The van der Waals surface area contributed by atoms with Crippen molar-refractivity contribution in [1.82, 2.24) is 4.31 Å². The van der Waals surface area contributed by atoms with Gasteiger partial charge < -0.3 is 5.11 Å². The zero-order chi connectivity index (χ0) is 15.6. The molecule has 0 saturated carbocycles. The molecule has 20 heavy (non-hydrogen) atoms. The van der Waals surface area contributed by atoms with Crippen LogP contribution in [-0.4, -0.2) is 43.7 Å². The third kappa shape index (κ3) is 4.30. The summed E-state index contributed by atoms with van der Waals surface area (Å²) in [4.78, 5) is -0.931. The van der Waals surface area contributed by atoms with Crippen LogP contribution in [-0.2, 0) is 10.0 Å². The molecule has 0 heterocycles. The fourth-order valence-electron chi connectivity index (χ4n) is 1.42. The highest BCUT2D eigenvalue weighted by Crippen LogP contribution is 2.25. The van der Waals surface area contributed by atoms with Crippen LogP contribution in [0, 0.1) is 5.82 Å². The Hall–Kier alpha value is -0.900. The Morgan fingerprint density at radius 3 is 2.35 bits per heavy atom. The molecule has 0 saturated heterocycles. The summed E-state index contributed by atoms with van der Waals surface area (Å²) in [5.41, 5.74) is 0. The van der Waals surface area contributed by atoms with Gasteiger partial charge in [-0.1, -0.05) is 11.6 Å². The van der Waals surface area contributed by atoms with Gasteiger partial charge in [-0.25, -0.2) is 12.8 Å². The van der Waals surface area contributed by atoms with Crippen LogP contribution in [0.2, 0.25) is 5.02 Å². The van der Waals surface area contributed by atoms with Crippen LogP contribution < -0.4 is 0 Å². The van der Waals surface area contributed by atoms with Gasteiger partial charge >= 0.3 is 6.18 Å². The molecule has 4 nitrogen and oxygen atoms in total. The van der Waals surface area contributed by atoms with Crippen LogP contribution in [0.15, 0.2) is 23.1 Å². The number of aliphatic hydroxyl groups excluding tert-OH is 1. The average molecular weight is 336 g/mol. The van der Waals surface area contributed by atoms with Crippen LogP contribution in [0.1, 0.15) is 0 Å². The fourth-order valence-corrected chi connectivity index (χ4v) is 3.04. The number of aliphatic hydroxyl groups is 1. The minimum absolute atomic E-state index is 0.0423. The van der Waals surface area contributed by atoms with Crippen LogP contribution in [0.3, 0.4) is 0 Å². The molecule has 114 valence electrons. The molecule has 0 amide bonds. The van der Waals surface area contributed by atoms with Crippen molar-refractivity contribution in [3.05, 3.63) is 29.0 Å². The van der Waals surface area contributed by atoms with Crippen molar-refractivity contribution in [2.75, 3.05) is 19.7 Å². The smallest absolute Gasteiger partial charge is 0.395 e. The standard InChI is InChI=1S/C10H10ClF4NO3S/c11-7-1-2-9(8(12)5-7)20(18,19)16(3-4-17)6-10(13,14)15/h1-2,5,17H,3-4,6H2. The lowest BCUT2D eigenvalue weighted by molar-refractivity contribution is -0.136. The van der Waals surface area contributed by atoms with E-state index in [1.165, 1.54) is 0 Å². The summed E-state index contributed by atoms with van der Waals surface area (Å²) in [7, 11) is -4.72. The molecule has 1 aromatic rings. The zero-order valence-corrected chi connectivity index (χ0v) is 11.4. The molecule has 10 heteroatoms. The molecule has 0 radical (unpaired) electrons. The zero-order valence-electron chi connectivity index (χ0n) is 9.86. The van der Waals surface area contributed by atoms with Crippen molar-refractivity contribution in [2.45, 2.75) is 11.1 Å². The lowest BCUT2D eigenvalue weighted by Crippen LogP contribution is -2.40. The van der Waals surface area contributed by atoms with E-state index >= 15 is 0 Å². The predicted octanol–water partition coefficient (Wildman–Crippen LogP) is 2.02. The van der Waals surface area contributed by atoms with E-state index < -0.39 is 46.6 Å². The Balaban J connectivity index is 3.22. The fraction of sp³-hybridized carbons (Fsp3) is 0.400. The molecule has 0 spiro atoms. The van der Waals surface area contributed by atoms with E-state index in [1.807, 2.05) is 0 Å². The van der Waals surface area contributed by atoms with Gasteiger partial charge in [0.15, 0.2) is 0 Å². The number of rotatable bonds is 5. The largest absolute Gasteiger partial charge is 0.402 e. The Labute approximate surface area is 117 Å². The lowest BCUT2D eigenvalue weighted by Gasteiger charge is -2.22. The summed E-state index contributed by atoms with van der Waals surface area (Å²) in [5, 5.41) is 8.58. The summed E-state index contributed by atoms with van der Waals surface area (Å²) in [6.45, 7) is -3.45. The van der Waals surface area contributed by atoms with E-state index in [9.17, 15) is 26.0 Å². The summed E-state index contributed by atoms with van der Waals surface area (Å²) in [5.74, 6) is -1.26. The number of hydrogen-bond donors (Lipinski definition) is 1. The summed E-state index contributed by atoms with van der Waals surface area (Å²) in [6.07, 6.45) is -4.81. The molecule has 0 aliphatic carbocycles. The highest BCUT2D eigenvalue weighted by molar-refractivity contribution is 7.89. The number of nitrogens with zero attached hydrogens (tertiary/aromatic N) is 1. The predicted molar refractivity (Wildman–Crippen MR) is 63.3 cm³/mol. The van der Waals surface area contributed by atoms with Gasteiger partial charge in [0, 0.05) is 11.6 Å². The molecule has 0 aliphatic heterocycles. The van der Waals surface area contributed by atoms with Crippen LogP contribution >= 0.6 is 11.6 Å². The molecular weight excluding hydrogens is 326 g/mol. The number of alkyl halides is 3. The van der Waals surface area contributed by atoms with E-state index in [0.717, 1.165) is 12.1 Å². The molecule has 0 fully saturated rings. The SMILES string of the molecule is O=S(=O)(c1ccc(Cl)cc1F)N(CCO)CC(F)(F)F. The second-order valence-corrected chi connectivity index (χ2v) is 6.09. The monoisotopic (exact) mass is 335 g/mol. The first kappa shape index (κ1) is 17.2. The topological polar surface area (TPSA) is 57.6 Å².